The fourth-order valence-electron chi connectivity index (χ4n) is 1.10. The number of rotatable bonds is 4. The van der Waals surface area contributed by atoms with Crippen LogP contribution in [0.4, 0.5) is 10.1 Å². The molecule has 0 atom stereocenters. The standard InChI is InChI=1S/C11H9FN4O/c12-9-5-8(6-14)1-2-10(9)16-7-11(17)15-4-3-13/h1-2,5,16H,4,7H2,(H,15,17). The summed E-state index contributed by atoms with van der Waals surface area (Å²) in [5.41, 5.74) is 0.345. The second-order valence-electron chi connectivity index (χ2n) is 3.09. The van der Waals surface area contributed by atoms with Gasteiger partial charge in [-0.15, -0.1) is 0 Å². The lowest BCUT2D eigenvalue weighted by atomic mass is 10.2. The van der Waals surface area contributed by atoms with E-state index in [1.807, 2.05) is 0 Å². The Labute approximate surface area is 97.5 Å². The van der Waals surface area contributed by atoms with Crippen LogP contribution in [-0.2, 0) is 4.79 Å². The molecule has 0 saturated carbocycles. The maximum absolute atomic E-state index is 13.3. The van der Waals surface area contributed by atoms with E-state index in [2.05, 4.69) is 10.6 Å². The van der Waals surface area contributed by atoms with E-state index < -0.39 is 11.7 Å². The molecule has 86 valence electrons. The summed E-state index contributed by atoms with van der Waals surface area (Å²) in [6, 6.07) is 7.46. The van der Waals surface area contributed by atoms with Crippen molar-refractivity contribution in [3.05, 3.63) is 29.6 Å². The summed E-state index contributed by atoms with van der Waals surface area (Å²) in [5, 5.41) is 21.6. The summed E-state index contributed by atoms with van der Waals surface area (Å²) < 4.78 is 13.3. The Morgan fingerprint density at radius 2 is 2.18 bits per heavy atom. The van der Waals surface area contributed by atoms with Gasteiger partial charge in [-0.05, 0) is 18.2 Å². The third-order valence-electron chi connectivity index (χ3n) is 1.90. The van der Waals surface area contributed by atoms with Crippen molar-refractivity contribution < 1.29 is 9.18 Å². The first-order valence-electron chi connectivity index (χ1n) is 4.74. The first kappa shape index (κ1) is 12.5. The van der Waals surface area contributed by atoms with E-state index in [9.17, 15) is 9.18 Å². The highest BCUT2D eigenvalue weighted by Crippen LogP contribution is 2.14. The zero-order valence-corrected chi connectivity index (χ0v) is 8.83. The SMILES string of the molecule is N#CCNC(=O)CNc1ccc(C#N)cc1F. The molecule has 0 bridgehead atoms. The van der Waals surface area contributed by atoms with Crippen molar-refractivity contribution in [2.24, 2.45) is 0 Å². The Bertz CT molecular complexity index is 501. The molecule has 2 N–H and O–H groups in total. The second-order valence-corrected chi connectivity index (χ2v) is 3.09. The van der Waals surface area contributed by atoms with Crippen LogP contribution in [0.2, 0.25) is 0 Å². The summed E-state index contributed by atoms with van der Waals surface area (Å²) in [6.45, 7) is -0.221. The van der Waals surface area contributed by atoms with Gasteiger partial charge in [-0.1, -0.05) is 0 Å². The number of hydrogen-bond donors (Lipinski definition) is 2. The number of carbonyl (C=O) groups is 1. The van der Waals surface area contributed by atoms with Crippen LogP contribution in [0.25, 0.3) is 0 Å². The van der Waals surface area contributed by atoms with Crippen LogP contribution < -0.4 is 10.6 Å². The molecule has 0 saturated heterocycles. The molecular weight excluding hydrogens is 223 g/mol. The van der Waals surface area contributed by atoms with Crippen LogP contribution in [0.1, 0.15) is 5.56 Å². The highest BCUT2D eigenvalue weighted by Gasteiger charge is 2.05. The molecule has 1 aromatic carbocycles. The van der Waals surface area contributed by atoms with Crippen molar-refractivity contribution in [1.29, 1.82) is 10.5 Å². The van der Waals surface area contributed by atoms with E-state index in [0.717, 1.165) is 6.07 Å². The molecular formula is C11H9FN4O. The van der Waals surface area contributed by atoms with Crippen molar-refractivity contribution in [1.82, 2.24) is 5.32 Å². The fourth-order valence-corrected chi connectivity index (χ4v) is 1.10. The zero-order chi connectivity index (χ0) is 12.7. The number of benzene rings is 1. The summed E-state index contributed by atoms with van der Waals surface area (Å²) >= 11 is 0. The molecule has 1 rings (SSSR count). The van der Waals surface area contributed by atoms with Gasteiger partial charge in [0.25, 0.3) is 0 Å². The minimum Gasteiger partial charge on any atom is -0.374 e. The van der Waals surface area contributed by atoms with E-state index in [1.54, 1.807) is 12.1 Å². The van der Waals surface area contributed by atoms with Crippen molar-refractivity contribution in [2.75, 3.05) is 18.4 Å². The molecule has 0 spiro atoms. The highest BCUT2D eigenvalue weighted by atomic mass is 19.1. The predicted molar refractivity (Wildman–Crippen MR) is 58.2 cm³/mol. The minimum atomic E-state index is -0.600. The lowest BCUT2D eigenvalue weighted by Gasteiger charge is -2.06. The molecule has 0 unspecified atom stereocenters. The first-order valence-corrected chi connectivity index (χ1v) is 4.74. The van der Waals surface area contributed by atoms with Crippen molar-refractivity contribution in [3.63, 3.8) is 0 Å². The summed E-state index contributed by atoms with van der Waals surface area (Å²) in [4.78, 5) is 11.1. The smallest absolute Gasteiger partial charge is 0.240 e. The van der Waals surface area contributed by atoms with Gasteiger partial charge in [0, 0.05) is 0 Å². The monoisotopic (exact) mass is 232 g/mol. The third-order valence-corrected chi connectivity index (χ3v) is 1.90. The van der Waals surface area contributed by atoms with Crippen LogP contribution in [0.5, 0.6) is 0 Å². The van der Waals surface area contributed by atoms with Gasteiger partial charge in [-0.25, -0.2) is 4.39 Å². The molecule has 0 aliphatic rings. The second kappa shape index (κ2) is 6.09. The van der Waals surface area contributed by atoms with Crippen molar-refractivity contribution in [3.8, 4) is 12.1 Å². The van der Waals surface area contributed by atoms with Gasteiger partial charge in [-0.3, -0.25) is 4.79 Å². The fraction of sp³-hybridized carbons (Fsp3) is 0.182. The number of carbonyl (C=O) groups excluding carboxylic acids is 1. The number of amides is 1. The van der Waals surface area contributed by atoms with Crippen LogP contribution in [0.15, 0.2) is 18.2 Å². The lowest BCUT2D eigenvalue weighted by Crippen LogP contribution is -2.30. The van der Waals surface area contributed by atoms with Gasteiger partial charge in [0.1, 0.15) is 12.4 Å². The predicted octanol–water partition coefficient (Wildman–Crippen LogP) is 0.749. The quantitative estimate of drug-likeness (QED) is 0.749. The maximum atomic E-state index is 13.3. The van der Waals surface area contributed by atoms with Gasteiger partial charge < -0.3 is 10.6 Å². The van der Waals surface area contributed by atoms with Gasteiger partial charge >= 0.3 is 0 Å². The van der Waals surface area contributed by atoms with E-state index in [1.165, 1.54) is 12.1 Å². The van der Waals surface area contributed by atoms with E-state index in [0.29, 0.717) is 0 Å². The van der Waals surface area contributed by atoms with Crippen LogP contribution in [-0.4, -0.2) is 19.0 Å². The number of nitriles is 2. The maximum Gasteiger partial charge on any atom is 0.240 e. The molecule has 0 heterocycles. The molecule has 6 heteroatoms. The number of halogens is 1. The summed E-state index contributed by atoms with van der Waals surface area (Å²) in [5.74, 6) is -1.01. The number of nitrogens with zero attached hydrogens (tertiary/aromatic N) is 2. The molecule has 5 nitrogen and oxygen atoms in total. The Balaban J connectivity index is 2.56. The van der Waals surface area contributed by atoms with E-state index >= 15 is 0 Å². The van der Waals surface area contributed by atoms with Gasteiger partial charge in [0.15, 0.2) is 0 Å². The van der Waals surface area contributed by atoms with E-state index in [-0.39, 0.29) is 24.3 Å². The molecule has 0 aromatic heterocycles. The Morgan fingerprint density at radius 3 is 2.76 bits per heavy atom. The summed E-state index contributed by atoms with van der Waals surface area (Å²) in [7, 11) is 0. The number of hydrogen-bond acceptors (Lipinski definition) is 4. The van der Waals surface area contributed by atoms with Crippen LogP contribution >= 0.6 is 0 Å². The average Bonchev–Trinajstić information content (AvgIpc) is 2.34. The van der Waals surface area contributed by atoms with Crippen LogP contribution in [0, 0.1) is 28.5 Å². The molecule has 0 fully saturated rings. The molecule has 0 radical (unpaired) electrons. The highest BCUT2D eigenvalue weighted by molar-refractivity contribution is 5.80. The largest absolute Gasteiger partial charge is 0.374 e. The normalized spacial score (nSPS) is 8.88. The summed E-state index contributed by atoms with van der Waals surface area (Å²) in [6.07, 6.45) is 0. The molecule has 1 aromatic rings. The van der Waals surface area contributed by atoms with Crippen molar-refractivity contribution >= 4 is 11.6 Å². The average molecular weight is 232 g/mol. The van der Waals surface area contributed by atoms with Crippen LogP contribution in [0.3, 0.4) is 0 Å². The molecule has 0 aliphatic heterocycles. The minimum absolute atomic E-state index is 0.0869. The Hall–Kier alpha value is -2.60. The Kier molecular flexibility index (Phi) is 4.46. The van der Waals surface area contributed by atoms with E-state index in [4.69, 9.17) is 10.5 Å². The van der Waals surface area contributed by atoms with Gasteiger partial charge in [-0.2, -0.15) is 10.5 Å². The van der Waals surface area contributed by atoms with Gasteiger partial charge in [0.2, 0.25) is 5.91 Å². The van der Waals surface area contributed by atoms with Crippen molar-refractivity contribution in [2.45, 2.75) is 0 Å². The first-order chi connectivity index (χ1) is 8.17. The lowest BCUT2D eigenvalue weighted by molar-refractivity contribution is -0.119. The molecule has 1 amide bonds. The van der Waals surface area contributed by atoms with Gasteiger partial charge in [0.05, 0.1) is 29.9 Å². The Morgan fingerprint density at radius 1 is 1.41 bits per heavy atom. The topological polar surface area (TPSA) is 88.7 Å². The number of anilines is 1. The number of nitrogens with one attached hydrogen (secondary N) is 2. The zero-order valence-electron chi connectivity index (χ0n) is 8.83. The third kappa shape index (κ3) is 3.80. The molecule has 0 aliphatic carbocycles. The molecule has 17 heavy (non-hydrogen) atoms.